The van der Waals surface area contributed by atoms with E-state index in [4.69, 9.17) is 0 Å². The molecule has 46 valence electrons. The minimum Gasteiger partial charge on any atom is -0.269 e. The van der Waals surface area contributed by atoms with Crippen LogP contribution in [0.3, 0.4) is 0 Å². The van der Waals surface area contributed by atoms with Crippen LogP contribution in [0.4, 0.5) is 9.41 Å². The maximum atomic E-state index is 3.55. The molecule has 0 N–H and O–H groups in total. The van der Waals surface area contributed by atoms with Crippen LogP contribution >= 0.6 is 0 Å². The zero-order chi connectivity index (χ0) is 4.12. The first-order valence-electron chi connectivity index (χ1n) is 2.02. The summed E-state index contributed by atoms with van der Waals surface area (Å²) in [5.41, 5.74) is 0. The Hall–Kier alpha value is -0.400. The van der Waals surface area contributed by atoms with E-state index in [0.717, 1.165) is 6.42 Å². The van der Waals surface area contributed by atoms with E-state index < -0.39 is 0 Å². The molecule has 0 aromatic heterocycles. The van der Waals surface area contributed by atoms with E-state index in [-0.39, 0.29) is 9.41 Å². The predicted octanol–water partition coefficient (Wildman–Crippen LogP) is 2.28. The van der Waals surface area contributed by atoms with E-state index in [2.05, 4.69) is 13.5 Å². The van der Waals surface area contributed by atoms with Crippen molar-refractivity contribution in [3.05, 3.63) is 12.7 Å². The topological polar surface area (TPSA) is 0 Å². The van der Waals surface area contributed by atoms with Crippen LogP contribution in [0, 0.1) is 0 Å². The molecule has 2 heteroatoms. The number of rotatable bonds is 2. The van der Waals surface area contributed by atoms with E-state index in [1.807, 2.05) is 6.08 Å². The van der Waals surface area contributed by atoms with Crippen LogP contribution in [0.25, 0.3) is 0 Å². The van der Waals surface area contributed by atoms with Gasteiger partial charge >= 0.3 is 0 Å². The summed E-state index contributed by atoms with van der Waals surface area (Å²) in [5, 5.41) is 0. The van der Waals surface area contributed by atoms with Crippen molar-refractivity contribution < 1.29 is 9.41 Å². The van der Waals surface area contributed by atoms with Gasteiger partial charge in [0.15, 0.2) is 0 Å². The predicted molar refractivity (Wildman–Crippen MR) is 30.1 cm³/mol. The molecular formula is C5H12F2. The molecule has 0 aliphatic rings. The third-order valence-electron chi connectivity index (χ3n) is 0.493. The largest absolute Gasteiger partial charge is 0.269 e. The van der Waals surface area contributed by atoms with Crippen LogP contribution < -0.4 is 0 Å². The molecule has 0 saturated heterocycles. The molecule has 0 unspecified atom stereocenters. The zero-order valence-electron chi connectivity index (χ0n) is 4.52. The highest BCUT2D eigenvalue weighted by Gasteiger charge is 1.61. The van der Waals surface area contributed by atoms with Gasteiger partial charge in [-0.15, -0.1) is 6.58 Å². The van der Waals surface area contributed by atoms with Crippen molar-refractivity contribution in [3.8, 4) is 0 Å². The Morgan fingerprint density at radius 2 is 1.86 bits per heavy atom. The van der Waals surface area contributed by atoms with Crippen molar-refractivity contribution in [2.24, 2.45) is 0 Å². The van der Waals surface area contributed by atoms with Gasteiger partial charge in [0.2, 0.25) is 0 Å². The summed E-state index contributed by atoms with van der Waals surface area (Å²) < 4.78 is 0. The fourth-order valence-corrected chi connectivity index (χ4v) is 0.204. The molecule has 0 rings (SSSR count). The van der Waals surface area contributed by atoms with E-state index in [1.54, 1.807) is 0 Å². The quantitative estimate of drug-likeness (QED) is 0.478. The number of hydrogen-bond acceptors (Lipinski definition) is 0. The van der Waals surface area contributed by atoms with Gasteiger partial charge < -0.3 is 0 Å². The molecule has 0 aliphatic heterocycles. The number of hydrogen-bond donors (Lipinski definition) is 0. The summed E-state index contributed by atoms with van der Waals surface area (Å²) in [4.78, 5) is 0. The van der Waals surface area contributed by atoms with Crippen molar-refractivity contribution in [2.45, 2.75) is 19.8 Å². The highest BCUT2D eigenvalue weighted by Crippen LogP contribution is 1.82. The van der Waals surface area contributed by atoms with Crippen molar-refractivity contribution in [1.82, 2.24) is 0 Å². The summed E-state index contributed by atoms with van der Waals surface area (Å²) in [6.07, 6.45) is 4.31. The molecule has 0 spiro atoms. The van der Waals surface area contributed by atoms with Gasteiger partial charge in [-0.3, -0.25) is 9.41 Å². The van der Waals surface area contributed by atoms with Gasteiger partial charge in [0, 0.05) is 0 Å². The van der Waals surface area contributed by atoms with E-state index in [0.29, 0.717) is 0 Å². The lowest BCUT2D eigenvalue weighted by Crippen LogP contribution is -1.52. The lowest BCUT2D eigenvalue weighted by molar-refractivity contribution is 0.961. The summed E-state index contributed by atoms with van der Waals surface area (Å²) in [5.74, 6) is 0. The Labute approximate surface area is 43.0 Å². The van der Waals surface area contributed by atoms with Gasteiger partial charge in [0.05, 0.1) is 0 Å². The monoisotopic (exact) mass is 110 g/mol. The van der Waals surface area contributed by atoms with Crippen LogP contribution in [-0.4, -0.2) is 0 Å². The lowest BCUT2D eigenvalue weighted by atomic mass is 10.3. The molecule has 0 fully saturated rings. The smallest absolute Gasteiger partial charge is 0.0356 e. The second-order valence-electron chi connectivity index (χ2n) is 1.08. The average molecular weight is 110 g/mol. The number of halogens is 2. The number of unbranched alkanes of at least 4 members (excludes halogenated alkanes) is 1. The molecule has 0 bridgehead atoms. The van der Waals surface area contributed by atoms with E-state index in [1.165, 1.54) is 6.42 Å². The van der Waals surface area contributed by atoms with Crippen molar-refractivity contribution in [2.75, 3.05) is 0 Å². The molecule has 0 aromatic carbocycles. The van der Waals surface area contributed by atoms with Gasteiger partial charge in [-0.25, -0.2) is 0 Å². The maximum absolute atomic E-state index is 3.55. The van der Waals surface area contributed by atoms with E-state index >= 15 is 0 Å². The average Bonchev–Trinajstić information content (AvgIpc) is 1.41. The molecule has 0 radical (unpaired) electrons. The van der Waals surface area contributed by atoms with E-state index in [9.17, 15) is 0 Å². The highest BCUT2D eigenvalue weighted by atomic mass is 19.0. The Balaban J connectivity index is -0.0000000800. The standard InChI is InChI=1S/C5H10.2FH/c1-3-5-4-2;;/h3H,1,4-5H2,2H3;2*1H. The first-order valence-corrected chi connectivity index (χ1v) is 2.02. The fourth-order valence-electron chi connectivity index (χ4n) is 0.204. The van der Waals surface area contributed by atoms with Crippen LogP contribution in [0.2, 0.25) is 0 Å². The summed E-state index contributed by atoms with van der Waals surface area (Å²) in [7, 11) is 0. The molecule has 7 heavy (non-hydrogen) atoms. The highest BCUT2D eigenvalue weighted by molar-refractivity contribution is 4.63. The number of allylic oxidation sites excluding steroid dienone is 1. The lowest BCUT2D eigenvalue weighted by Gasteiger charge is -1.72. The molecule has 0 nitrogen and oxygen atoms in total. The third kappa shape index (κ3) is 28.3. The minimum absolute atomic E-state index is 0. The molecule has 0 aromatic rings. The fraction of sp³-hybridized carbons (Fsp3) is 0.600. The zero-order valence-corrected chi connectivity index (χ0v) is 4.52. The Kier molecular flexibility index (Phi) is 40.0. The second kappa shape index (κ2) is 17.5. The van der Waals surface area contributed by atoms with Crippen LogP contribution in [-0.2, 0) is 0 Å². The van der Waals surface area contributed by atoms with Crippen LogP contribution in [0.15, 0.2) is 12.7 Å². The first-order chi connectivity index (χ1) is 2.41. The van der Waals surface area contributed by atoms with Crippen molar-refractivity contribution in [3.63, 3.8) is 0 Å². The molecular weight excluding hydrogens is 98.1 g/mol. The van der Waals surface area contributed by atoms with Crippen molar-refractivity contribution in [1.29, 1.82) is 0 Å². The maximum Gasteiger partial charge on any atom is -0.0356 e. The minimum atomic E-state index is 0. The molecule has 0 heterocycles. The second-order valence-corrected chi connectivity index (χ2v) is 1.08. The Morgan fingerprint density at radius 1 is 1.43 bits per heavy atom. The van der Waals surface area contributed by atoms with Crippen molar-refractivity contribution >= 4 is 0 Å². The van der Waals surface area contributed by atoms with Crippen LogP contribution in [0.1, 0.15) is 19.8 Å². The third-order valence-corrected chi connectivity index (χ3v) is 0.493. The Morgan fingerprint density at radius 3 is 1.86 bits per heavy atom. The normalized spacial score (nSPS) is 5.29. The molecule has 0 saturated carbocycles. The summed E-state index contributed by atoms with van der Waals surface area (Å²) in [6.45, 7) is 5.69. The molecule has 0 atom stereocenters. The van der Waals surface area contributed by atoms with Gasteiger partial charge in [-0.05, 0) is 6.42 Å². The van der Waals surface area contributed by atoms with Gasteiger partial charge in [-0.2, -0.15) is 0 Å². The van der Waals surface area contributed by atoms with Gasteiger partial charge in [0.1, 0.15) is 0 Å². The van der Waals surface area contributed by atoms with Crippen LogP contribution in [0.5, 0.6) is 0 Å². The summed E-state index contributed by atoms with van der Waals surface area (Å²) in [6, 6.07) is 0. The van der Waals surface area contributed by atoms with Gasteiger partial charge in [-0.1, -0.05) is 19.4 Å². The summed E-state index contributed by atoms with van der Waals surface area (Å²) >= 11 is 0. The molecule has 0 aliphatic carbocycles. The molecule has 0 amide bonds. The SMILES string of the molecule is C=CCCC.F.F. The Bertz CT molecular complexity index is 27.3. The van der Waals surface area contributed by atoms with Gasteiger partial charge in [0.25, 0.3) is 0 Å². The first kappa shape index (κ1) is 16.0.